The van der Waals surface area contributed by atoms with Gasteiger partial charge in [-0.05, 0) is 32.4 Å². The highest BCUT2D eigenvalue weighted by molar-refractivity contribution is 7.89. The molecule has 1 aromatic carbocycles. The van der Waals surface area contributed by atoms with Crippen molar-refractivity contribution in [1.82, 2.24) is 19.6 Å². The Hall–Kier alpha value is -3.05. The maximum atomic E-state index is 12.2. The molecule has 3 N–H and O–H groups in total. The maximum absolute atomic E-state index is 12.2. The Morgan fingerprint density at radius 1 is 1.00 bits per heavy atom. The number of benzene rings is 1. The Bertz CT molecular complexity index is 1060. The first-order chi connectivity index (χ1) is 15.2. The molecule has 0 saturated carbocycles. The third-order valence-corrected chi connectivity index (χ3v) is 6.24. The van der Waals surface area contributed by atoms with Crippen molar-refractivity contribution in [3.05, 3.63) is 41.6 Å². The van der Waals surface area contributed by atoms with E-state index in [9.17, 15) is 18.0 Å². The lowest BCUT2D eigenvalue weighted by Gasteiger charge is -2.24. The smallest absolute Gasteiger partial charge is 0.229 e. The van der Waals surface area contributed by atoms with Crippen molar-refractivity contribution < 1.29 is 18.0 Å². The van der Waals surface area contributed by atoms with E-state index in [1.54, 1.807) is 0 Å². The fourth-order valence-corrected chi connectivity index (χ4v) is 4.19. The topological polar surface area (TPSA) is 133 Å². The first kappa shape index (κ1) is 23.6. The summed E-state index contributed by atoms with van der Waals surface area (Å²) in [5.41, 5.74) is 2.82. The van der Waals surface area contributed by atoms with Crippen LogP contribution >= 0.6 is 0 Å². The second-order valence-corrected chi connectivity index (χ2v) is 9.57. The van der Waals surface area contributed by atoms with Gasteiger partial charge < -0.3 is 10.6 Å². The third-order valence-electron chi connectivity index (χ3n) is 4.88. The van der Waals surface area contributed by atoms with Gasteiger partial charge in [0.15, 0.2) is 0 Å². The van der Waals surface area contributed by atoms with Gasteiger partial charge in [-0.15, -0.1) is 0 Å². The molecule has 32 heavy (non-hydrogen) atoms. The molecule has 0 unspecified atom stereocenters. The molecule has 1 aliphatic heterocycles. The molecule has 11 heteroatoms. The number of carbonyl (C=O) groups excluding carboxylic acids is 2. The van der Waals surface area contributed by atoms with Gasteiger partial charge >= 0.3 is 0 Å². The van der Waals surface area contributed by atoms with E-state index < -0.39 is 10.0 Å². The Morgan fingerprint density at radius 3 is 2.38 bits per heavy atom. The summed E-state index contributed by atoms with van der Waals surface area (Å²) in [5.74, 6) is 0.0499. The zero-order valence-electron chi connectivity index (χ0n) is 18.2. The van der Waals surface area contributed by atoms with Crippen LogP contribution in [0.4, 0.5) is 17.5 Å². The van der Waals surface area contributed by atoms with Gasteiger partial charge in [-0.3, -0.25) is 14.5 Å². The molecule has 2 aromatic rings. The van der Waals surface area contributed by atoms with Crippen LogP contribution in [0.15, 0.2) is 30.3 Å². The second kappa shape index (κ2) is 10.5. The van der Waals surface area contributed by atoms with Crippen molar-refractivity contribution in [3.63, 3.8) is 0 Å². The average Bonchev–Trinajstić information content (AvgIpc) is 2.72. The van der Waals surface area contributed by atoms with Crippen molar-refractivity contribution in [2.24, 2.45) is 0 Å². The highest BCUT2D eigenvalue weighted by Crippen LogP contribution is 2.17. The molecule has 1 aliphatic rings. The van der Waals surface area contributed by atoms with Crippen LogP contribution in [0, 0.1) is 13.8 Å². The zero-order valence-corrected chi connectivity index (χ0v) is 19.0. The minimum absolute atomic E-state index is 0.113. The number of nitrogens with zero attached hydrogens (tertiary/aromatic N) is 3. The molecule has 3 rings (SSSR count). The minimum atomic E-state index is -3.63. The number of rotatable bonds is 10. The fourth-order valence-electron chi connectivity index (χ4n) is 3.21. The van der Waals surface area contributed by atoms with Crippen molar-refractivity contribution in [3.8, 4) is 0 Å². The molecule has 1 fully saturated rings. The standard InChI is InChI=1S/C21H28N6O4S/c1-15-6-8-17(9-7-15)25-18-14-16(2)24-21(26-18)22-10-11-23-32(30,31)13-12-27-19(28)4-3-5-20(27)29/h6-9,14,23H,3-5,10-13H2,1-2H3,(H2,22,24,25,26). The Kier molecular flexibility index (Phi) is 7.75. The lowest BCUT2D eigenvalue weighted by atomic mass is 10.1. The summed E-state index contributed by atoms with van der Waals surface area (Å²) < 4.78 is 26.9. The summed E-state index contributed by atoms with van der Waals surface area (Å²) in [4.78, 5) is 33.3. The number of aryl methyl sites for hydroxylation is 2. The molecule has 0 atom stereocenters. The normalized spacial score (nSPS) is 14.5. The van der Waals surface area contributed by atoms with Crippen molar-refractivity contribution in [2.75, 3.05) is 36.0 Å². The van der Waals surface area contributed by atoms with Crippen molar-refractivity contribution in [1.29, 1.82) is 0 Å². The Labute approximate surface area is 187 Å². The van der Waals surface area contributed by atoms with Gasteiger partial charge in [-0.25, -0.2) is 18.1 Å². The quantitative estimate of drug-likeness (QED) is 0.360. The van der Waals surface area contributed by atoms with E-state index in [-0.39, 0.29) is 50.0 Å². The maximum Gasteiger partial charge on any atom is 0.229 e. The number of nitrogens with one attached hydrogen (secondary N) is 3. The number of anilines is 3. The summed E-state index contributed by atoms with van der Waals surface area (Å²) in [6, 6.07) is 9.73. The predicted molar refractivity (Wildman–Crippen MR) is 122 cm³/mol. The zero-order chi connectivity index (χ0) is 23.1. The monoisotopic (exact) mass is 460 g/mol. The van der Waals surface area contributed by atoms with Crippen LogP contribution in [-0.4, -0.2) is 60.5 Å². The van der Waals surface area contributed by atoms with Gasteiger partial charge in [0, 0.05) is 49.9 Å². The Morgan fingerprint density at radius 2 is 1.69 bits per heavy atom. The first-order valence-corrected chi connectivity index (χ1v) is 12.1. The van der Waals surface area contributed by atoms with E-state index >= 15 is 0 Å². The van der Waals surface area contributed by atoms with Crippen LogP contribution in [0.5, 0.6) is 0 Å². The van der Waals surface area contributed by atoms with Crippen LogP contribution in [-0.2, 0) is 19.6 Å². The fraction of sp³-hybridized carbons (Fsp3) is 0.429. The molecular formula is C21H28N6O4S. The molecule has 1 saturated heterocycles. The van der Waals surface area contributed by atoms with Crippen LogP contribution in [0.3, 0.4) is 0 Å². The van der Waals surface area contributed by atoms with E-state index in [2.05, 4.69) is 25.3 Å². The van der Waals surface area contributed by atoms with E-state index in [4.69, 9.17) is 0 Å². The second-order valence-electron chi connectivity index (χ2n) is 7.64. The van der Waals surface area contributed by atoms with Crippen LogP contribution in [0.25, 0.3) is 0 Å². The molecule has 0 radical (unpaired) electrons. The van der Waals surface area contributed by atoms with E-state index in [1.807, 2.05) is 44.2 Å². The molecule has 2 heterocycles. The van der Waals surface area contributed by atoms with Crippen molar-refractivity contribution >= 4 is 39.3 Å². The molecule has 1 aromatic heterocycles. The van der Waals surface area contributed by atoms with Gasteiger partial charge in [0.2, 0.25) is 27.8 Å². The molecule has 0 spiro atoms. The highest BCUT2D eigenvalue weighted by atomic mass is 32.2. The number of hydrogen-bond donors (Lipinski definition) is 3. The summed E-state index contributed by atoms with van der Waals surface area (Å²) in [6.45, 7) is 4.12. The molecular weight excluding hydrogens is 432 g/mol. The first-order valence-electron chi connectivity index (χ1n) is 10.5. The third kappa shape index (κ3) is 6.99. The van der Waals surface area contributed by atoms with Gasteiger partial charge in [0.05, 0.1) is 5.75 Å². The van der Waals surface area contributed by atoms with Gasteiger partial charge in [0.1, 0.15) is 5.82 Å². The minimum Gasteiger partial charge on any atom is -0.353 e. The summed E-state index contributed by atoms with van der Waals surface area (Å²) >= 11 is 0. The number of piperidine rings is 1. The largest absolute Gasteiger partial charge is 0.353 e. The molecule has 0 aliphatic carbocycles. The molecule has 172 valence electrons. The lowest BCUT2D eigenvalue weighted by Crippen LogP contribution is -2.44. The van der Waals surface area contributed by atoms with Gasteiger partial charge in [-0.1, -0.05) is 17.7 Å². The van der Waals surface area contributed by atoms with Gasteiger partial charge in [-0.2, -0.15) is 4.98 Å². The number of carbonyl (C=O) groups is 2. The summed E-state index contributed by atoms with van der Waals surface area (Å²) in [7, 11) is -3.63. The van der Waals surface area contributed by atoms with Crippen LogP contribution < -0.4 is 15.4 Å². The lowest BCUT2D eigenvalue weighted by molar-refractivity contribution is -0.147. The van der Waals surface area contributed by atoms with E-state index in [1.165, 1.54) is 0 Å². The van der Waals surface area contributed by atoms with E-state index in [0.717, 1.165) is 21.8 Å². The van der Waals surface area contributed by atoms with Crippen LogP contribution in [0.1, 0.15) is 30.5 Å². The van der Waals surface area contributed by atoms with Crippen molar-refractivity contribution in [2.45, 2.75) is 33.1 Å². The number of likely N-dealkylation sites (tertiary alicyclic amines) is 1. The SMILES string of the molecule is Cc1ccc(Nc2cc(C)nc(NCCNS(=O)(=O)CCN3C(=O)CCCC3=O)n2)cc1. The molecule has 0 bridgehead atoms. The Balaban J connectivity index is 1.47. The van der Waals surface area contributed by atoms with Gasteiger partial charge in [0.25, 0.3) is 0 Å². The number of aromatic nitrogens is 2. The molecule has 10 nitrogen and oxygen atoms in total. The molecule has 2 amide bonds. The highest BCUT2D eigenvalue weighted by Gasteiger charge is 2.27. The number of amides is 2. The number of sulfonamides is 1. The average molecular weight is 461 g/mol. The summed E-state index contributed by atoms with van der Waals surface area (Å²) in [5, 5.41) is 6.22. The summed E-state index contributed by atoms with van der Waals surface area (Å²) in [6.07, 6.45) is 1.08. The van der Waals surface area contributed by atoms with E-state index in [0.29, 0.717) is 18.2 Å². The number of imide groups is 1. The van der Waals surface area contributed by atoms with Crippen LogP contribution in [0.2, 0.25) is 0 Å². The number of hydrogen-bond acceptors (Lipinski definition) is 8. The predicted octanol–water partition coefficient (Wildman–Crippen LogP) is 1.71.